The number of carboxylic acids is 1. The third-order valence-electron chi connectivity index (χ3n) is 1.29. The monoisotopic (exact) mass is 176 g/mol. The van der Waals surface area contributed by atoms with E-state index in [9.17, 15) is 4.79 Å². The van der Waals surface area contributed by atoms with Crippen LogP contribution in [0.25, 0.3) is 0 Å². The van der Waals surface area contributed by atoms with E-state index in [2.05, 4.69) is 6.58 Å². The fourth-order valence-electron chi connectivity index (χ4n) is 0.646. The third kappa shape index (κ3) is 5.84. The molecule has 0 aromatic carbocycles. The molecule has 0 aromatic rings. The minimum absolute atomic E-state index is 0.0146. The van der Waals surface area contributed by atoms with E-state index in [1.807, 2.05) is 0 Å². The Bertz CT molecular complexity index is 179. The van der Waals surface area contributed by atoms with Gasteiger partial charge in [-0.2, -0.15) is 0 Å². The van der Waals surface area contributed by atoms with Crippen molar-refractivity contribution in [2.45, 2.75) is 25.2 Å². The molecule has 0 aliphatic carbocycles. The molecule has 0 saturated carbocycles. The zero-order valence-corrected chi connectivity index (χ0v) is 6.53. The van der Waals surface area contributed by atoms with Crippen LogP contribution < -0.4 is 0 Å². The van der Waals surface area contributed by atoms with E-state index in [4.69, 9.17) is 20.4 Å². The molecule has 0 bridgehead atoms. The highest BCUT2D eigenvalue weighted by Crippen LogP contribution is 2.10. The smallest absolute Gasteiger partial charge is 0.330 e. The Kier molecular flexibility index (Phi) is 3.88. The van der Waals surface area contributed by atoms with Crippen molar-refractivity contribution in [3.05, 3.63) is 12.2 Å². The third-order valence-corrected chi connectivity index (χ3v) is 1.29. The number of hydrogen-bond acceptors (Lipinski definition) is 4. The summed E-state index contributed by atoms with van der Waals surface area (Å²) in [6.07, 6.45) is -0.00725. The molecule has 0 atom stereocenters. The van der Waals surface area contributed by atoms with Crippen LogP contribution in [0.3, 0.4) is 0 Å². The van der Waals surface area contributed by atoms with E-state index in [0.717, 1.165) is 0 Å². The molecule has 0 radical (unpaired) electrons. The normalized spacial score (nSPS) is 11.2. The van der Waals surface area contributed by atoms with Crippen LogP contribution in [0.1, 0.15) is 19.3 Å². The number of aliphatic carboxylic acids is 1. The molecule has 0 aliphatic heterocycles. The number of hydrogen-bond donors (Lipinski definition) is 4. The molecule has 70 valence electrons. The van der Waals surface area contributed by atoms with Crippen molar-refractivity contribution in [3.63, 3.8) is 0 Å². The molecular weight excluding hydrogens is 164 g/mol. The zero-order valence-electron chi connectivity index (χ0n) is 6.53. The average molecular weight is 176 g/mol. The lowest BCUT2D eigenvalue weighted by molar-refractivity contribution is -0.314. The van der Waals surface area contributed by atoms with Crippen LogP contribution in [0.5, 0.6) is 0 Å². The van der Waals surface area contributed by atoms with Crippen LogP contribution >= 0.6 is 0 Å². The molecule has 0 saturated heterocycles. The summed E-state index contributed by atoms with van der Waals surface area (Å²) < 4.78 is 0. The van der Waals surface area contributed by atoms with Gasteiger partial charge in [-0.1, -0.05) is 6.58 Å². The highest BCUT2D eigenvalue weighted by molar-refractivity contribution is 5.85. The van der Waals surface area contributed by atoms with E-state index >= 15 is 0 Å². The second-order valence-corrected chi connectivity index (χ2v) is 2.54. The van der Waals surface area contributed by atoms with Crippen LogP contribution in [-0.2, 0) is 4.79 Å². The maximum absolute atomic E-state index is 10.2. The maximum atomic E-state index is 10.2. The molecule has 0 unspecified atom stereocenters. The molecule has 0 heterocycles. The highest BCUT2D eigenvalue weighted by atomic mass is 16.7. The predicted molar refractivity (Wildman–Crippen MR) is 40.0 cm³/mol. The van der Waals surface area contributed by atoms with Gasteiger partial charge in [0.2, 0.25) is 0 Å². The van der Waals surface area contributed by atoms with Crippen molar-refractivity contribution in [2.75, 3.05) is 0 Å². The van der Waals surface area contributed by atoms with Gasteiger partial charge in [0.15, 0.2) is 0 Å². The van der Waals surface area contributed by atoms with E-state index in [1.165, 1.54) is 0 Å². The summed E-state index contributed by atoms with van der Waals surface area (Å²) in [6.45, 7) is 3.23. The fourth-order valence-corrected chi connectivity index (χ4v) is 0.646. The highest BCUT2D eigenvalue weighted by Gasteiger charge is 2.17. The van der Waals surface area contributed by atoms with Crippen LogP contribution in [-0.4, -0.2) is 32.4 Å². The first kappa shape index (κ1) is 11.1. The molecule has 0 aromatic heterocycles. The Morgan fingerprint density at radius 2 is 1.83 bits per heavy atom. The summed E-state index contributed by atoms with van der Waals surface area (Å²) in [5, 5.41) is 33.5. The average Bonchev–Trinajstić information content (AvgIpc) is 1.84. The van der Waals surface area contributed by atoms with Gasteiger partial charge in [-0.3, -0.25) is 0 Å². The van der Waals surface area contributed by atoms with Gasteiger partial charge in [0.25, 0.3) is 5.97 Å². The molecule has 0 rings (SSSR count). The Balaban J connectivity index is 3.58. The largest absolute Gasteiger partial charge is 0.478 e. The van der Waals surface area contributed by atoms with Crippen molar-refractivity contribution in [2.24, 2.45) is 0 Å². The molecule has 5 nitrogen and oxygen atoms in total. The molecular formula is C7H12O5. The van der Waals surface area contributed by atoms with E-state index in [-0.39, 0.29) is 24.8 Å². The predicted octanol–water partition coefficient (Wildman–Crippen LogP) is -0.572. The van der Waals surface area contributed by atoms with Crippen molar-refractivity contribution >= 4 is 5.97 Å². The van der Waals surface area contributed by atoms with E-state index < -0.39 is 11.9 Å². The van der Waals surface area contributed by atoms with E-state index in [0.29, 0.717) is 0 Å². The van der Waals surface area contributed by atoms with Gasteiger partial charge < -0.3 is 20.4 Å². The van der Waals surface area contributed by atoms with Gasteiger partial charge in [0.1, 0.15) is 0 Å². The van der Waals surface area contributed by atoms with Gasteiger partial charge in [0, 0.05) is 12.0 Å². The second kappa shape index (κ2) is 4.20. The van der Waals surface area contributed by atoms with E-state index in [1.54, 1.807) is 0 Å². The molecule has 12 heavy (non-hydrogen) atoms. The fraction of sp³-hybridized carbons (Fsp3) is 0.571. The maximum Gasteiger partial charge on any atom is 0.330 e. The van der Waals surface area contributed by atoms with Crippen molar-refractivity contribution < 1.29 is 25.2 Å². The first-order chi connectivity index (χ1) is 5.33. The summed E-state index contributed by atoms with van der Waals surface area (Å²) in [7, 11) is 0. The summed E-state index contributed by atoms with van der Waals surface area (Å²) >= 11 is 0. The lowest BCUT2D eigenvalue weighted by Crippen LogP contribution is -2.26. The quantitative estimate of drug-likeness (QED) is 0.332. The van der Waals surface area contributed by atoms with Crippen LogP contribution in [0.15, 0.2) is 12.2 Å². The lowest BCUT2D eigenvalue weighted by atomic mass is 10.1. The van der Waals surface area contributed by atoms with Gasteiger partial charge in [-0.25, -0.2) is 4.79 Å². The Labute approximate surface area is 69.6 Å². The van der Waals surface area contributed by atoms with Gasteiger partial charge in [-0.05, 0) is 12.8 Å². The zero-order chi connectivity index (χ0) is 9.78. The van der Waals surface area contributed by atoms with Gasteiger partial charge in [0.05, 0.1) is 0 Å². The molecule has 5 heteroatoms. The number of aliphatic hydroxyl groups is 3. The Morgan fingerprint density at radius 3 is 2.17 bits per heavy atom. The standard InChI is InChI=1S/C7H12O5/c1-5(6(8)9)3-2-4-7(10,11)12/h10-12H,1-4H2,(H,8,9). The Hall–Kier alpha value is -0.910. The van der Waals surface area contributed by atoms with Crippen LogP contribution in [0, 0.1) is 0 Å². The van der Waals surface area contributed by atoms with Gasteiger partial charge >= 0.3 is 5.97 Å². The molecule has 0 amide bonds. The molecule has 4 N–H and O–H groups in total. The summed E-state index contributed by atoms with van der Waals surface area (Å²) in [5.41, 5.74) is -0.0146. The number of rotatable bonds is 5. The molecule has 0 fully saturated rings. The molecule has 0 aliphatic rings. The number of carboxylic acid groups (broad SMARTS) is 1. The lowest BCUT2D eigenvalue weighted by Gasteiger charge is -2.12. The van der Waals surface area contributed by atoms with Crippen molar-refractivity contribution in [1.82, 2.24) is 0 Å². The number of carbonyl (C=O) groups is 1. The summed E-state index contributed by atoms with van der Waals surface area (Å²) in [5.74, 6) is -3.83. The SMILES string of the molecule is C=C(CCCC(O)(O)O)C(=O)O. The molecule has 0 spiro atoms. The first-order valence-electron chi connectivity index (χ1n) is 3.41. The minimum Gasteiger partial charge on any atom is -0.478 e. The van der Waals surface area contributed by atoms with Crippen molar-refractivity contribution in [1.29, 1.82) is 0 Å². The Morgan fingerprint density at radius 1 is 1.33 bits per heavy atom. The van der Waals surface area contributed by atoms with Crippen LogP contribution in [0.2, 0.25) is 0 Å². The van der Waals surface area contributed by atoms with Crippen molar-refractivity contribution in [3.8, 4) is 0 Å². The van der Waals surface area contributed by atoms with Crippen LogP contribution in [0.4, 0.5) is 0 Å². The summed E-state index contributed by atoms with van der Waals surface area (Å²) in [4.78, 5) is 10.2. The van der Waals surface area contributed by atoms with Gasteiger partial charge in [-0.15, -0.1) is 0 Å². The first-order valence-corrected chi connectivity index (χ1v) is 3.41. The second-order valence-electron chi connectivity index (χ2n) is 2.54. The minimum atomic E-state index is -2.71. The summed E-state index contributed by atoms with van der Waals surface area (Å²) in [6, 6.07) is 0. The topological polar surface area (TPSA) is 98.0 Å².